The zero-order valence-electron chi connectivity index (χ0n) is 12.7. The molecule has 0 aliphatic heterocycles. The topological polar surface area (TPSA) is 26.3 Å². The summed E-state index contributed by atoms with van der Waals surface area (Å²) in [4.78, 5) is 12.3. The lowest BCUT2D eigenvalue weighted by Gasteiger charge is -2.14. The van der Waals surface area contributed by atoms with Crippen LogP contribution in [0.4, 0.5) is 0 Å². The maximum Gasteiger partial charge on any atom is 0.343 e. The highest BCUT2D eigenvalue weighted by atomic mass is 79.9. The van der Waals surface area contributed by atoms with E-state index in [0.717, 1.165) is 21.2 Å². The van der Waals surface area contributed by atoms with Gasteiger partial charge in [-0.05, 0) is 54.7 Å². The number of esters is 1. The number of ether oxygens (including phenoxy) is 1. The fourth-order valence-corrected chi connectivity index (χ4v) is 2.46. The molecule has 0 aliphatic carbocycles. The minimum absolute atomic E-state index is 0.304. The molecule has 0 aromatic heterocycles. The zero-order valence-corrected chi connectivity index (χ0v) is 14.3. The molecule has 2 aromatic carbocycles. The largest absolute Gasteiger partial charge is 0.423 e. The van der Waals surface area contributed by atoms with Gasteiger partial charge in [-0.2, -0.15) is 0 Å². The average molecular weight is 347 g/mol. The van der Waals surface area contributed by atoms with Gasteiger partial charge in [0.15, 0.2) is 0 Å². The van der Waals surface area contributed by atoms with Crippen LogP contribution in [0.5, 0.6) is 5.75 Å². The van der Waals surface area contributed by atoms with E-state index in [0.29, 0.717) is 17.2 Å². The summed E-state index contributed by atoms with van der Waals surface area (Å²) in [5.74, 6) is 0.619. The number of hydrogen-bond acceptors (Lipinski definition) is 2. The Kier molecular flexibility index (Phi) is 4.84. The molecule has 0 heterocycles. The first-order chi connectivity index (χ1) is 9.88. The molecule has 0 atom stereocenters. The first-order valence-electron chi connectivity index (χ1n) is 6.97. The van der Waals surface area contributed by atoms with Gasteiger partial charge >= 0.3 is 5.97 Å². The van der Waals surface area contributed by atoms with Crippen LogP contribution < -0.4 is 4.74 Å². The Hall–Kier alpha value is -1.61. The fraction of sp³-hybridized carbons (Fsp3) is 0.278. The molecule has 0 aliphatic rings. The van der Waals surface area contributed by atoms with Crippen LogP contribution in [0.25, 0.3) is 0 Å². The van der Waals surface area contributed by atoms with Gasteiger partial charge in [0.25, 0.3) is 0 Å². The lowest BCUT2D eigenvalue weighted by atomic mass is 10.0. The molecule has 0 fully saturated rings. The maximum atomic E-state index is 12.3. The number of halogens is 1. The first-order valence-corrected chi connectivity index (χ1v) is 7.76. The van der Waals surface area contributed by atoms with Crippen molar-refractivity contribution in [1.29, 1.82) is 0 Å². The van der Waals surface area contributed by atoms with E-state index in [1.165, 1.54) is 0 Å². The third-order valence-corrected chi connectivity index (χ3v) is 4.26. The Morgan fingerprint density at radius 2 is 1.81 bits per heavy atom. The Labute approximate surface area is 134 Å². The maximum absolute atomic E-state index is 12.3. The second-order valence-corrected chi connectivity index (χ2v) is 6.40. The quantitative estimate of drug-likeness (QED) is 0.548. The standard InChI is InChI=1S/C18H19BrO2/c1-11(2)15-8-5-12(3)9-17(15)21-18(20)14-7-6-13(4)16(19)10-14/h5-11H,1-4H3. The van der Waals surface area contributed by atoms with Crippen molar-refractivity contribution < 1.29 is 9.53 Å². The summed E-state index contributed by atoms with van der Waals surface area (Å²) in [6, 6.07) is 11.5. The van der Waals surface area contributed by atoms with E-state index in [2.05, 4.69) is 29.8 Å². The zero-order chi connectivity index (χ0) is 15.6. The van der Waals surface area contributed by atoms with Gasteiger partial charge in [0.1, 0.15) is 5.75 Å². The van der Waals surface area contributed by atoms with Crippen molar-refractivity contribution in [2.45, 2.75) is 33.6 Å². The number of hydrogen-bond donors (Lipinski definition) is 0. The summed E-state index contributed by atoms with van der Waals surface area (Å²) in [6.07, 6.45) is 0. The molecule has 0 unspecified atom stereocenters. The van der Waals surface area contributed by atoms with Gasteiger partial charge in [0.05, 0.1) is 5.56 Å². The van der Waals surface area contributed by atoms with Crippen LogP contribution in [-0.4, -0.2) is 5.97 Å². The predicted octanol–water partition coefficient (Wildman–Crippen LogP) is 5.41. The van der Waals surface area contributed by atoms with E-state index in [9.17, 15) is 4.79 Å². The van der Waals surface area contributed by atoms with E-state index in [1.807, 2.05) is 38.1 Å². The van der Waals surface area contributed by atoms with E-state index in [1.54, 1.807) is 12.1 Å². The van der Waals surface area contributed by atoms with E-state index >= 15 is 0 Å². The number of benzene rings is 2. The molecule has 2 nitrogen and oxygen atoms in total. The minimum Gasteiger partial charge on any atom is -0.423 e. The molecule has 3 heteroatoms. The van der Waals surface area contributed by atoms with Gasteiger partial charge in [0, 0.05) is 4.47 Å². The molecule has 0 radical (unpaired) electrons. The molecular formula is C18H19BrO2. The summed E-state index contributed by atoms with van der Waals surface area (Å²) in [6.45, 7) is 8.15. The molecule has 0 saturated carbocycles. The Balaban J connectivity index is 2.30. The first kappa shape index (κ1) is 15.8. The summed E-state index contributed by atoms with van der Waals surface area (Å²) < 4.78 is 6.52. The Bertz CT molecular complexity index is 675. The lowest BCUT2D eigenvalue weighted by Crippen LogP contribution is -2.10. The normalized spacial score (nSPS) is 10.8. The third-order valence-electron chi connectivity index (χ3n) is 3.40. The van der Waals surface area contributed by atoms with Crippen LogP contribution >= 0.6 is 15.9 Å². The van der Waals surface area contributed by atoms with Gasteiger partial charge in [-0.15, -0.1) is 0 Å². The number of aryl methyl sites for hydroxylation is 2. The Morgan fingerprint density at radius 1 is 1.10 bits per heavy atom. The van der Waals surface area contributed by atoms with E-state index in [4.69, 9.17) is 4.74 Å². The van der Waals surface area contributed by atoms with Gasteiger partial charge in [-0.1, -0.05) is 48.0 Å². The summed E-state index contributed by atoms with van der Waals surface area (Å²) >= 11 is 3.44. The van der Waals surface area contributed by atoms with E-state index < -0.39 is 0 Å². The SMILES string of the molecule is Cc1ccc(C(C)C)c(OC(=O)c2ccc(C)c(Br)c2)c1. The lowest BCUT2D eigenvalue weighted by molar-refractivity contribution is 0.0732. The van der Waals surface area contributed by atoms with Crippen molar-refractivity contribution in [2.24, 2.45) is 0 Å². The highest BCUT2D eigenvalue weighted by Crippen LogP contribution is 2.28. The minimum atomic E-state index is -0.330. The van der Waals surface area contributed by atoms with Crippen molar-refractivity contribution >= 4 is 21.9 Å². The van der Waals surface area contributed by atoms with Crippen LogP contribution in [0.1, 0.15) is 46.8 Å². The van der Waals surface area contributed by atoms with Crippen LogP contribution in [0, 0.1) is 13.8 Å². The third kappa shape index (κ3) is 3.73. The van der Waals surface area contributed by atoms with Crippen LogP contribution in [0.2, 0.25) is 0 Å². The van der Waals surface area contributed by atoms with Gasteiger partial charge in [-0.3, -0.25) is 0 Å². The molecule has 0 spiro atoms. The molecular weight excluding hydrogens is 328 g/mol. The molecule has 110 valence electrons. The van der Waals surface area contributed by atoms with Crippen molar-refractivity contribution in [1.82, 2.24) is 0 Å². The van der Waals surface area contributed by atoms with Crippen LogP contribution in [-0.2, 0) is 0 Å². The highest BCUT2D eigenvalue weighted by Gasteiger charge is 2.14. The number of carbonyl (C=O) groups is 1. The molecule has 0 amide bonds. The van der Waals surface area contributed by atoms with Crippen LogP contribution in [0.3, 0.4) is 0 Å². The average Bonchev–Trinajstić information content (AvgIpc) is 2.41. The van der Waals surface area contributed by atoms with E-state index in [-0.39, 0.29) is 5.97 Å². The van der Waals surface area contributed by atoms with Gasteiger partial charge in [-0.25, -0.2) is 4.79 Å². The summed E-state index contributed by atoms with van der Waals surface area (Å²) in [7, 11) is 0. The Morgan fingerprint density at radius 3 is 2.43 bits per heavy atom. The second-order valence-electron chi connectivity index (χ2n) is 5.55. The van der Waals surface area contributed by atoms with Gasteiger partial charge in [0.2, 0.25) is 0 Å². The summed E-state index contributed by atoms with van der Waals surface area (Å²) in [5, 5.41) is 0. The van der Waals surface area contributed by atoms with Crippen molar-refractivity contribution in [3.63, 3.8) is 0 Å². The number of carbonyl (C=O) groups excluding carboxylic acids is 1. The molecule has 2 aromatic rings. The highest BCUT2D eigenvalue weighted by molar-refractivity contribution is 9.10. The monoisotopic (exact) mass is 346 g/mol. The fourth-order valence-electron chi connectivity index (χ4n) is 2.09. The van der Waals surface area contributed by atoms with Gasteiger partial charge < -0.3 is 4.74 Å². The second kappa shape index (κ2) is 6.44. The molecule has 0 bridgehead atoms. The van der Waals surface area contributed by atoms with Crippen LogP contribution in [0.15, 0.2) is 40.9 Å². The number of rotatable bonds is 3. The van der Waals surface area contributed by atoms with Crippen molar-refractivity contribution in [2.75, 3.05) is 0 Å². The predicted molar refractivity (Wildman–Crippen MR) is 89.1 cm³/mol. The summed E-state index contributed by atoms with van der Waals surface area (Å²) in [5.41, 5.74) is 3.75. The van der Waals surface area contributed by atoms with Crippen molar-refractivity contribution in [3.8, 4) is 5.75 Å². The molecule has 21 heavy (non-hydrogen) atoms. The van der Waals surface area contributed by atoms with Crippen molar-refractivity contribution in [3.05, 3.63) is 63.1 Å². The molecule has 0 saturated heterocycles. The smallest absolute Gasteiger partial charge is 0.343 e. The molecule has 0 N–H and O–H groups in total. The molecule has 2 rings (SSSR count).